The predicted octanol–water partition coefficient (Wildman–Crippen LogP) is 6.08. The number of carboxylic acid groups (broad SMARTS) is 1. The molecule has 0 aliphatic heterocycles. The van der Waals surface area contributed by atoms with E-state index >= 15 is 0 Å². The van der Waals surface area contributed by atoms with E-state index < -0.39 is 5.97 Å². The number of rotatable bonds is 13. The molecule has 0 aliphatic carbocycles. The Hall–Kier alpha value is -4.17. The first-order valence-corrected chi connectivity index (χ1v) is 13.6. The van der Waals surface area contributed by atoms with E-state index in [0.717, 1.165) is 66.5 Å². The van der Waals surface area contributed by atoms with E-state index in [2.05, 4.69) is 22.1 Å². The summed E-state index contributed by atoms with van der Waals surface area (Å²) in [6.07, 6.45) is 5.37. The molecule has 204 valence electrons. The number of fused-ring (bicyclic) bond motifs is 1. The molecule has 39 heavy (non-hydrogen) atoms. The van der Waals surface area contributed by atoms with Crippen LogP contribution in [0.15, 0.2) is 66.7 Å². The number of hydrogen-bond donors (Lipinski definition) is 4. The molecule has 8 heteroatoms. The molecule has 8 nitrogen and oxygen atoms in total. The van der Waals surface area contributed by atoms with Crippen molar-refractivity contribution >= 4 is 28.7 Å². The number of benzene rings is 3. The number of unbranched alkanes of at least 4 members (excludes halogenated alkanes) is 3. The van der Waals surface area contributed by atoms with Crippen molar-refractivity contribution in [1.82, 2.24) is 14.9 Å². The van der Waals surface area contributed by atoms with Crippen LogP contribution in [0.3, 0.4) is 0 Å². The van der Waals surface area contributed by atoms with Crippen LogP contribution in [-0.4, -0.2) is 44.9 Å². The summed E-state index contributed by atoms with van der Waals surface area (Å²) < 4.78 is 2.20. The quantitative estimate of drug-likeness (QED) is 0.157. The van der Waals surface area contributed by atoms with Crippen LogP contribution < -0.4 is 10.6 Å². The highest BCUT2D eigenvalue weighted by atomic mass is 16.4. The normalized spacial score (nSPS) is 11.0. The molecule has 1 aromatic heterocycles. The summed E-state index contributed by atoms with van der Waals surface area (Å²) in [5, 5.41) is 24.2. The molecule has 4 aromatic rings. The minimum absolute atomic E-state index is 0.170. The monoisotopic (exact) mass is 528 g/mol. The largest absolute Gasteiger partial charge is 0.478 e. The van der Waals surface area contributed by atoms with Crippen molar-refractivity contribution < 1.29 is 19.8 Å². The lowest BCUT2D eigenvalue weighted by molar-refractivity contribution is 0.0697. The Balaban J connectivity index is 1.55. The van der Waals surface area contributed by atoms with Gasteiger partial charge in [0.1, 0.15) is 5.82 Å². The van der Waals surface area contributed by atoms with Crippen LogP contribution in [0.25, 0.3) is 22.2 Å². The van der Waals surface area contributed by atoms with Crippen molar-refractivity contribution in [2.75, 3.05) is 18.5 Å². The van der Waals surface area contributed by atoms with Gasteiger partial charge < -0.3 is 25.4 Å². The molecule has 0 saturated carbocycles. The molecule has 4 N–H and O–H groups in total. The van der Waals surface area contributed by atoms with E-state index in [1.165, 1.54) is 0 Å². The average Bonchev–Trinajstić information content (AvgIpc) is 3.28. The maximum absolute atomic E-state index is 12.4. The maximum atomic E-state index is 12.4. The van der Waals surface area contributed by atoms with Gasteiger partial charge in [-0.1, -0.05) is 55.8 Å². The average molecular weight is 529 g/mol. The summed E-state index contributed by atoms with van der Waals surface area (Å²) in [6, 6.07) is 20.5. The maximum Gasteiger partial charge on any atom is 0.336 e. The number of nitrogens with zero attached hydrogens (tertiary/aromatic N) is 2. The topological polar surface area (TPSA) is 116 Å². The van der Waals surface area contributed by atoms with Crippen molar-refractivity contribution in [3.8, 4) is 11.1 Å². The lowest BCUT2D eigenvalue weighted by atomic mass is 9.99. The van der Waals surface area contributed by atoms with Gasteiger partial charge in [0.25, 0.3) is 0 Å². The fourth-order valence-corrected chi connectivity index (χ4v) is 4.64. The number of aliphatic hydroxyl groups is 1. The van der Waals surface area contributed by atoms with Crippen molar-refractivity contribution in [3.63, 3.8) is 0 Å². The third-order valence-electron chi connectivity index (χ3n) is 6.72. The summed E-state index contributed by atoms with van der Waals surface area (Å²) in [5.74, 6) is 0.0533. The molecule has 2 amide bonds. The molecule has 0 fully saturated rings. The first-order chi connectivity index (χ1) is 19.0. The van der Waals surface area contributed by atoms with Crippen molar-refractivity contribution in [2.45, 2.75) is 52.0 Å². The molecule has 0 radical (unpaired) electrons. The predicted molar refractivity (Wildman–Crippen MR) is 154 cm³/mol. The number of nitrogens with one attached hydrogen (secondary N) is 2. The zero-order valence-electron chi connectivity index (χ0n) is 22.3. The summed E-state index contributed by atoms with van der Waals surface area (Å²) in [4.78, 5) is 28.9. The fourth-order valence-electron chi connectivity index (χ4n) is 4.64. The first kappa shape index (κ1) is 27.9. The number of amides is 2. The number of carbonyl (C=O) groups is 2. The van der Waals surface area contributed by atoms with Crippen LogP contribution in [0.2, 0.25) is 0 Å². The SMILES string of the molecule is CCCCc1nc2ccc(NC(=O)NCCCCCO)cc2n1Cc1ccc(-c2ccccc2C(=O)O)cc1. The Bertz CT molecular complexity index is 1410. The zero-order chi connectivity index (χ0) is 27.6. The second-order valence-corrected chi connectivity index (χ2v) is 9.63. The molecule has 0 atom stereocenters. The smallest absolute Gasteiger partial charge is 0.336 e. The van der Waals surface area contributed by atoms with Gasteiger partial charge in [0.15, 0.2) is 0 Å². The number of carbonyl (C=O) groups excluding carboxylic acids is 1. The molecule has 0 saturated heterocycles. The van der Waals surface area contributed by atoms with E-state index in [4.69, 9.17) is 10.1 Å². The summed E-state index contributed by atoms with van der Waals surface area (Å²) in [6.45, 7) is 3.49. The van der Waals surface area contributed by atoms with E-state index in [1.807, 2.05) is 54.6 Å². The van der Waals surface area contributed by atoms with Gasteiger partial charge in [0, 0.05) is 31.8 Å². The van der Waals surface area contributed by atoms with Crippen molar-refractivity contribution in [2.24, 2.45) is 0 Å². The summed E-state index contributed by atoms with van der Waals surface area (Å²) in [7, 11) is 0. The molecule has 4 rings (SSSR count). The van der Waals surface area contributed by atoms with Crippen molar-refractivity contribution in [3.05, 3.63) is 83.7 Å². The van der Waals surface area contributed by atoms with Gasteiger partial charge in [-0.05, 0) is 66.6 Å². The van der Waals surface area contributed by atoms with E-state index in [9.17, 15) is 14.7 Å². The van der Waals surface area contributed by atoms with Gasteiger partial charge in [-0.2, -0.15) is 0 Å². The van der Waals surface area contributed by atoms with Crippen LogP contribution in [-0.2, 0) is 13.0 Å². The Morgan fingerprint density at radius 1 is 0.949 bits per heavy atom. The van der Waals surface area contributed by atoms with Gasteiger partial charge in [-0.25, -0.2) is 14.6 Å². The number of hydrogen-bond acceptors (Lipinski definition) is 4. The highest BCUT2D eigenvalue weighted by Gasteiger charge is 2.14. The van der Waals surface area contributed by atoms with Crippen LogP contribution >= 0.6 is 0 Å². The molecule has 0 bridgehead atoms. The first-order valence-electron chi connectivity index (χ1n) is 13.6. The Kier molecular flexibility index (Phi) is 9.69. The van der Waals surface area contributed by atoms with Gasteiger partial charge in [0.05, 0.1) is 16.6 Å². The molecule has 3 aromatic carbocycles. The Morgan fingerprint density at radius 2 is 1.74 bits per heavy atom. The third-order valence-corrected chi connectivity index (χ3v) is 6.72. The number of carboxylic acids is 1. The molecule has 0 aliphatic rings. The van der Waals surface area contributed by atoms with E-state index in [0.29, 0.717) is 24.3 Å². The standard InChI is InChI=1S/C31H36N4O4/c1-2-3-11-29-34-27-17-16-24(33-31(39)32-18-7-4-8-19-36)20-28(27)35(29)21-22-12-14-23(15-13-22)25-9-5-6-10-26(25)30(37)38/h5-6,9-10,12-17,20,36H,2-4,7-8,11,18-19,21H2,1H3,(H,37,38)(H2,32,33,39). The lowest BCUT2D eigenvalue weighted by Gasteiger charge is -2.12. The Morgan fingerprint density at radius 3 is 2.49 bits per heavy atom. The number of imidazole rings is 1. The Labute approximate surface area is 228 Å². The second-order valence-electron chi connectivity index (χ2n) is 9.63. The fraction of sp³-hybridized carbons (Fsp3) is 0.323. The highest BCUT2D eigenvalue weighted by Crippen LogP contribution is 2.26. The van der Waals surface area contributed by atoms with Crippen LogP contribution in [0.1, 0.15) is 60.8 Å². The molecular formula is C31H36N4O4. The van der Waals surface area contributed by atoms with Gasteiger partial charge >= 0.3 is 12.0 Å². The molecule has 0 unspecified atom stereocenters. The molecule has 0 spiro atoms. The molecular weight excluding hydrogens is 492 g/mol. The number of aromatic nitrogens is 2. The lowest BCUT2D eigenvalue weighted by Crippen LogP contribution is -2.29. The minimum Gasteiger partial charge on any atom is -0.478 e. The zero-order valence-corrected chi connectivity index (χ0v) is 22.3. The number of urea groups is 1. The van der Waals surface area contributed by atoms with Crippen LogP contribution in [0.4, 0.5) is 10.5 Å². The number of aryl methyl sites for hydroxylation is 1. The van der Waals surface area contributed by atoms with Crippen LogP contribution in [0, 0.1) is 0 Å². The van der Waals surface area contributed by atoms with Gasteiger partial charge in [-0.15, -0.1) is 0 Å². The number of aromatic carboxylic acids is 1. The highest BCUT2D eigenvalue weighted by molar-refractivity contribution is 5.96. The van der Waals surface area contributed by atoms with Gasteiger partial charge in [0.2, 0.25) is 0 Å². The van der Waals surface area contributed by atoms with Gasteiger partial charge in [-0.3, -0.25) is 0 Å². The minimum atomic E-state index is -0.945. The number of anilines is 1. The van der Waals surface area contributed by atoms with Crippen molar-refractivity contribution in [1.29, 1.82) is 0 Å². The van der Waals surface area contributed by atoms with E-state index in [1.54, 1.807) is 12.1 Å². The second kappa shape index (κ2) is 13.6. The third kappa shape index (κ3) is 7.23. The summed E-state index contributed by atoms with van der Waals surface area (Å²) >= 11 is 0. The molecule has 1 heterocycles. The van der Waals surface area contributed by atoms with E-state index in [-0.39, 0.29) is 18.2 Å². The number of aliphatic hydroxyl groups excluding tert-OH is 1. The van der Waals surface area contributed by atoms with Crippen LogP contribution in [0.5, 0.6) is 0 Å². The summed E-state index contributed by atoms with van der Waals surface area (Å²) in [5.41, 5.74) is 5.41.